The molecule has 0 aromatic heterocycles. The SMILES string of the molecule is Oc1c(Br)cc(C(=C(Br)Br)c2cc(Br)c(O)c(-c3ccccc3)c2)cc1-c1ccccc1. The normalized spacial score (nSPS) is 10.8. The molecule has 4 rings (SSSR count). The number of rotatable bonds is 4. The van der Waals surface area contributed by atoms with Gasteiger partial charge < -0.3 is 10.2 Å². The molecule has 0 amide bonds. The van der Waals surface area contributed by atoms with Gasteiger partial charge in [-0.2, -0.15) is 0 Å². The number of phenolic OH excluding ortho intramolecular Hbond substituents is 2. The van der Waals surface area contributed by atoms with E-state index < -0.39 is 0 Å². The minimum Gasteiger partial charge on any atom is -0.506 e. The maximum atomic E-state index is 10.7. The number of hydrogen-bond acceptors (Lipinski definition) is 2. The van der Waals surface area contributed by atoms with E-state index in [0.717, 1.165) is 42.3 Å². The van der Waals surface area contributed by atoms with Crippen molar-refractivity contribution in [1.29, 1.82) is 0 Å². The van der Waals surface area contributed by atoms with Crippen molar-refractivity contribution >= 4 is 69.3 Å². The molecule has 6 heteroatoms. The lowest BCUT2D eigenvalue weighted by Gasteiger charge is -2.16. The molecule has 0 aliphatic rings. The van der Waals surface area contributed by atoms with Crippen molar-refractivity contribution < 1.29 is 10.2 Å². The number of phenols is 2. The second-order valence-electron chi connectivity index (χ2n) is 7.08. The van der Waals surface area contributed by atoms with Gasteiger partial charge in [0.05, 0.1) is 12.3 Å². The van der Waals surface area contributed by atoms with Crippen LogP contribution in [0, 0.1) is 0 Å². The second kappa shape index (κ2) is 9.96. The summed E-state index contributed by atoms with van der Waals surface area (Å²) in [5.41, 5.74) is 5.90. The van der Waals surface area contributed by atoms with E-state index in [4.69, 9.17) is 0 Å². The molecule has 32 heavy (non-hydrogen) atoms. The molecule has 0 bridgehead atoms. The summed E-state index contributed by atoms with van der Waals surface area (Å²) >= 11 is 14.2. The highest BCUT2D eigenvalue weighted by Crippen LogP contribution is 2.45. The molecule has 0 unspecified atom stereocenters. The Labute approximate surface area is 220 Å². The molecule has 0 fully saturated rings. The van der Waals surface area contributed by atoms with Crippen molar-refractivity contribution in [2.75, 3.05) is 0 Å². The Bertz CT molecular complexity index is 1220. The van der Waals surface area contributed by atoms with Crippen LogP contribution in [0.5, 0.6) is 11.5 Å². The Kier molecular flexibility index (Phi) is 7.25. The molecule has 4 aromatic rings. The monoisotopic (exact) mass is 676 g/mol. The first-order chi connectivity index (χ1) is 15.4. The Morgan fingerprint density at radius 1 is 0.562 bits per heavy atom. The first kappa shape index (κ1) is 23.3. The third-order valence-electron chi connectivity index (χ3n) is 5.06. The largest absolute Gasteiger partial charge is 0.506 e. The minimum absolute atomic E-state index is 0.182. The highest BCUT2D eigenvalue weighted by Gasteiger charge is 2.19. The smallest absolute Gasteiger partial charge is 0.137 e. The van der Waals surface area contributed by atoms with Crippen molar-refractivity contribution in [3.8, 4) is 33.8 Å². The maximum absolute atomic E-state index is 10.7. The van der Waals surface area contributed by atoms with Crippen LogP contribution in [0.25, 0.3) is 27.8 Å². The molecule has 0 spiro atoms. The fourth-order valence-electron chi connectivity index (χ4n) is 3.55. The summed E-state index contributed by atoms with van der Waals surface area (Å²) in [6.45, 7) is 0. The first-order valence-corrected chi connectivity index (χ1v) is 12.8. The van der Waals surface area contributed by atoms with E-state index in [2.05, 4.69) is 63.7 Å². The maximum Gasteiger partial charge on any atom is 0.137 e. The fraction of sp³-hybridized carbons (Fsp3) is 0. The molecule has 0 aliphatic heterocycles. The van der Waals surface area contributed by atoms with Crippen molar-refractivity contribution in [2.24, 2.45) is 0 Å². The fourth-order valence-corrected chi connectivity index (χ4v) is 5.38. The van der Waals surface area contributed by atoms with Crippen LogP contribution in [0.3, 0.4) is 0 Å². The molecule has 0 radical (unpaired) electrons. The standard InChI is InChI=1S/C26H16Br4O2/c27-21-13-17(11-19(24(21)31)15-7-3-1-4-8-15)23(26(29)30)18-12-20(25(32)22(28)14-18)16-9-5-2-6-10-16/h1-14,31-32H. The quantitative estimate of drug-likeness (QED) is 0.226. The van der Waals surface area contributed by atoms with Gasteiger partial charge in [-0.15, -0.1) is 0 Å². The van der Waals surface area contributed by atoms with Gasteiger partial charge in [0.25, 0.3) is 0 Å². The molecular weight excluding hydrogens is 664 g/mol. The summed E-state index contributed by atoms with van der Waals surface area (Å²) in [4.78, 5) is 0. The molecular formula is C26H16Br4O2. The van der Waals surface area contributed by atoms with Crippen molar-refractivity contribution in [3.63, 3.8) is 0 Å². The van der Waals surface area contributed by atoms with Crippen LogP contribution in [0.2, 0.25) is 0 Å². The summed E-state index contributed by atoms with van der Waals surface area (Å²) in [7, 11) is 0. The lowest BCUT2D eigenvalue weighted by atomic mass is 9.93. The Morgan fingerprint density at radius 3 is 1.28 bits per heavy atom. The summed E-state index contributed by atoms with van der Waals surface area (Å²) in [6.07, 6.45) is 0. The van der Waals surface area contributed by atoms with E-state index in [1.807, 2.05) is 84.9 Å². The minimum atomic E-state index is 0.182. The van der Waals surface area contributed by atoms with E-state index in [-0.39, 0.29) is 11.5 Å². The Morgan fingerprint density at radius 2 is 0.938 bits per heavy atom. The molecule has 0 atom stereocenters. The van der Waals surface area contributed by atoms with E-state index in [0.29, 0.717) is 8.95 Å². The van der Waals surface area contributed by atoms with Crippen LogP contribution in [0.1, 0.15) is 11.1 Å². The van der Waals surface area contributed by atoms with Gasteiger partial charge in [0.15, 0.2) is 0 Å². The van der Waals surface area contributed by atoms with Crippen LogP contribution in [-0.4, -0.2) is 10.2 Å². The van der Waals surface area contributed by atoms with Gasteiger partial charge in [-0.1, -0.05) is 60.7 Å². The van der Waals surface area contributed by atoms with Gasteiger partial charge in [-0.25, -0.2) is 0 Å². The van der Waals surface area contributed by atoms with Gasteiger partial charge >= 0.3 is 0 Å². The highest BCUT2D eigenvalue weighted by atomic mass is 79.9. The van der Waals surface area contributed by atoms with Gasteiger partial charge in [0.1, 0.15) is 11.5 Å². The third kappa shape index (κ3) is 4.74. The third-order valence-corrected chi connectivity index (χ3v) is 7.06. The summed E-state index contributed by atoms with van der Waals surface area (Å²) in [5.74, 6) is 0.365. The number of hydrogen-bond donors (Lipinski definition) is 2. The molecule has 4 aromatic carbocycles. The van der Waals surface area contributed by atoms with Crippen LogP contribution >= 0.6 is 63.7 Å². The average Bonchev–Trinajstić information content (AvgIpc) is 2.79. The van der Waals surface area contributed by atoms with Crippen LogP contribution < -0.4 is 0 Å². The van der Waals surface area contributed by atoms with E-state index in [9.17, 15) is 10.2 Å². The van der Waals surface area contributed by atoms with Crippen molar-refractivity contribution in [3.05, 3.63) is 108 Å². The lowest BCUT2D eigenvalue weighted by Crippen LogP contribution is -1.93. The average molecular weight is 680 g/mol. The Balaban J connectivity index is 1.93. The summed E-state index contributed by atoms with van der Waals surface area (Å²) in [6, 6.07) is 27.2. The molecule has 0 aliphatic carbocycles. The van der Waals surface area contributed by atoms with Crippen LogP contribution in [-0.2, 0) is 0 Å². The highest BCUT2D eigenvalue weighted by molar-refractivity contribution is 9.28. The molecule has 0 saturated carbocycles. The Hall–Kier alpha value is -1.86. The van der Waals surface area contributed by atoms with Crippen molar-refractivity contribution in [2.45, 2.75) is 0 Å². The van der Waals surface area contributed by atoms with Gasteiger partial charge in [-0.3, -0.25) is 0 Å². The predicted octanol–water partition coefficient (Wildman–Crippen LogP) is 9.46. The van der Waals surface area contributed by atoms with Crippen molar-refractivity contribution in [1.82, 2.24) is 0 Å². The zero-order chi connectivity index (χ0) is 22.8. The predicted molar refractivity (Wildman–Crippen MR) is 146 cm³/mol. The topological polar surface area (TPSA) is 40.5 Å². The molecule has 2 nitrogen and oxygen atoms in total. The van der Waals surface area contributed by atoms with Gasteiger partial charge in [-0.05, 0) is 110 Å². The number of aromatic hydroxyl groups is 2. The molecule has 160 valence electrons. The number of benzene rings is 4. The van der Waals surface area contributed by atoms with Crippen LogP contribution in [0.4, 0.5) is 0 Å². The number of halogens is 4. The molecule has 0 heterocycles. The zero-order valence-corrected chi connectivity index (χ0v) is 22.8. The van der Waals surface area contributed by atoms with E-state index >= 15 is 0 Å². The van der Waals surface area contributed by atoms with Crippen LogP contribution in [0.15, 0.2) is 97.3 Å². The van der Waals surface area contributed by atoms with Gasteiger partial charge in [0, 0.05) is 16.7 Å². The van der Waals surface area contributed by atoms with E-state index in [1.54, 1.807) is 0 Å². The van der Waals surface area contributed by atoms with Gasteiger partial charge in [0.2, 0.25) is 0 Å². The molecule has 2 N–H and O–H groups in total. The first-order valence-electron chi connectivity index (χ1n) is 9.58. The summed E-state index contributed by atoms with van der Waals surface area (Å²) < 4.78 is 1.93. The lowest BCUT2D eigenvalue weighted by molar-refractivity contribution is 0.473. The second-order valence-corrected chi connectivity index (χ2v) is 11.4. The zero-order valence-electron chi connectivity index (χ0n) is 16.5. The summed E-state index contributed by atoms with van der Waals surface area (Å²) in [5, 5.41) is 21.4. The molecule has 0 saturated heterocycles. The van der Waals surface area contributed by atoms with E-state index in [1.165, 1.54) is 0 Å².